The summed E-state index contributed by atoms with van der Waals surface area (Å²) < 4.78 is 10.6. The second-order valence-corrected chi connectivity index (χ2v) is 9.19. The smallest absolute Gasteiger partial charge is 0.242 e. The third kappa shape index (κ3) is 7.45. The number of carbonyl (C=O) groups is 2. The second-order valence-electron chi connectivity index (χ2n) is 8.75. The number of hydrogen-bond donors (Lipinski definition) is 1. The number of ether oxygens (including phenoxy) is 2. The molecule has 6 nitrogen and oxygen atoms in total. The average Bonchev–Trinajstić information content (AvgIpc) is 2.75. The van der Waals surface area contributed by atoms with Crippen LogP contribution in [0.5, 0.6) is 11.5 Å². The highest BCUT2D eigenvalue weighted by molar-refractivity contribution is 6.30. The van der Waals surface area contributed by atoms with E-state index in [2.05, 4.69) is 5.32 Å². The van der Waals surface area contributed by atoms with Crippen LogP contribution in [0, 0.1) is 0 Å². The molecular formula is C25H33ClN2O4. The van der Waals surface area contributed by atoms with Gasteiger partial charge in [0, 0.05) is 23.5 Å². The van der Waals surface area contributed by atoms with Crippen LogP contribution in [0.15, 0.2) is 42.5 Å². The summed E-state index contributed by atoms with van der Waals surface area (Å²) in [6.45, 7) is 7.83. The zero-order valence-corrected chi connectivity index (χ0v) is 20.5. The van der Waals surface area contributed by atoms with Crippen molar-refractivity contribution in [2.45, 2.75) is 58.7 Å². The fraction of sp³-hybridized carbons (Fsp3) is 0.440. The first kappa shape index (κ1) is 25.5. The van der Waals surface area contributed by atoms with Crippen LogP contribution < -0.4 is 14.8 Å². The van der Waals surface area contributed by atoms with Gasteiger partial charge in [-0.1, -0.05) is 29.8 Å². The average molecular weight is 461 g/mol. The van der Waals surface area contributed by atoms with E-state index in [9.17, 15) is 9.59 Å². The van der Waals surface area contributed by atoms with Gasteiger partial charge in [-0.25, -0.2) is 0 Å². The molecule has 7 heteroatoms. The van der Waals surface area contributed by atoms with Gasteiger partial charge in [0.15, 0.2) is 11.5 Å². The van der Waals surface area contributed by atoms with Gasteiger partial charge in [-0.2, -0.15) is 0 Å². The third-order valence-corrected chi connectivity index (χ3v) is 5.26. The number of benzene rings is 2. The van der Waals surface area contributed by atoms with E-state index < -0.39 is 6.04 Å². The SMILES string of the molecule is COc1ccc(CCC(=O)N(Cc2ccc(Cl)cc2)[C@H](C)C(=O)NC(C)(C)C)cc1OC. The van der Waals surface area contributed by atoms with Crippen molar-refractivity contribution < 1.29 is 19.1 Å². The maximum Gasteiger partial charge on any atom is 0.242 e. The zero-order valence-electron chi connectivity index (χ0n) is 19.7. The number of carbonyl (C=O) groups excluding carboxylic acids is 2. The van der Waals surface area contributed by atoms with E-state index in [-0.39, 0.29) is 23.8 Å². The van der Waals surface area contributed by atoms with Gasteiger partial charge in [0.1, 0.15) is 6.04 Å². The molecule has 1 N–H and O–H groups in total. The lowest BCUT2D eigenvalue weighted by atomic mass is 10.1. The van der Waals surface area contributed by atoms with Crippen LogP contribution in [0.4, 0.5) is 0 Å². The maximum absolute atomic E-state index is 13.2. The molecule has 1 atom stereocenters. The van der Waals surface area contributed by atoms with E-state index in [1.54, 1.807) is 38.2 Å². The van der Waals surface area contributed by atoms with Crippen molar-refractivity contribution in [2.75, 3.05) is 14.2 Å². The third-order valence-electron chi connectivity index (χ3n) is 5.01. The Balaban J connectivity index is 2.18. The molecule has 174 valence electrons. The first-order valence-corrected chi connectivity index (χ1v) is 11.0. The molecule has 0 aliphatic carbocycles. The van der Waals surface area contributed by atoms with E-state index >= 15 is 0 Å². The van der Waals surface area contributed by atoms with Gasteiger partial charge in [-0.15, -0.1) is 0 Å². The lowest BCUT2D eigenvalue weighted by Crippen LogP contribution is -2.52. The Bertz CT molecular complexity index is 923. The number of aryl methyl sites for hydroxylation is 1. The molecular weight excluding hydrogens is 428 g/mol. The summed E-state index contributed by atoms with van der Waals surface area (Å²) in [6, 6.07) is 12.3. The summed E-state index contributed by atoms with van der Waals surface area (Å²) >= 11 is 6.00. The first-order valence-electron chi connectivity index (χ1n) is 10.6. The van der Waals surface area contributed by atoms with Crippen LogP contribution in [0.1, 0.15) is 45.2 Å². The molecule has 0 saturated carbocycles. The van der Waals surface area contributed by atoms with E-state index in [0.29, 0.717) is 29.5 Å². The van der Waals surface area contributed by atoms with E-state index in [1.807, 2.05) is 51.1 Å². The Labute approximate surface area is 195 Å². The van der Waals surface area contributed by atoms with Crippen molar-refractivity contribution in [3.05, 3.63) is 58.6 Å². The largest absolute Gasteiger partial charge is 0.493 e. The molecule has 0 fully saturated rings. The number of halogens is 1. The predicted octanol–water partition coefficient (Wildman–Crippen LogP) is 4.62. The highest BCUT2D eigenvalue weighted by Gasteiger charge is 2.28. The standard InChI is InChI=1S/C25H33ClN2O4/c1-17(24(30)27-25(2,3)4)28(16-19-7-11-20(26)12-8-19)23(29)14-10-18-9-13-21(31-5)22(15-18)32-6/h7-9,11-13,15,17H,10,14,16H2,1-6H3,(H,27,30)/t17-/m1/s1. The van der Waals surface area contributed by atoms with Crippen molar-refractivity contribution in [3.8, 4) is 11.5 Å². The van der Waals surface area contributed by atoms with E-state index in [4.69, 9.17) is 21.1 Å². The fourth-order valence-electron chi connectivity index (χ4n) is 3.27. The van der Waals surface area contributed by atoms with Crippen molar-refractivity contribution >= 4 is 23.4 Å². The van der Waals surface area contributed by atoms with Crippen LogP contribution in [0.2, 0.25) is 5.02 Å². The quantitative estimate of drug-likeness (QED) is 0.592. The Morgan fingerprint density at radius 1 is 1.00 bits per heavy atom. The van der Waals surface area contributed by atoms with Crippen molar-refractivity contribution in [3.63, 3.8) is 0 Å². The summed E-state index contributed by atoms with van der Waals surface area (Å²) in [5.41, 5.74) is 1.47. The van der Waals surface area contributed by atoms with Gasteiger partial charge in [0.25, 0.3) is 0 Å². The van der Waals surface area contributed by atoms with Gasteiger partial charge in [0.2, 0.25) is 11.8 Å². The highest BCUT2D eigenvalue weighted by atomic mass is 35.5. The molecule has 0 aromatic heterocycles. The minimum atomic E-state index is -0.622. The lowest BCUT2D eigenvalue weighted by Gasteiger charge is -2.31. The number of nitrogens with zero attached hydrogens (tertiary/aromatic N) is 1. The molecule has 32 heavy (non-hydrogen) atoms. The normalized spacial score (nSPS) is 12.1. The van der Waals surface area contributed by atoms with Crippen LogP contribution in [-0.4, -0.2) is 42.5 Å². The van der Waals surface area contributed by atoms with Gasteiger partial charge >= 0.3 is 0 Å². The molecule has 0 radical (unpaired) electrons. The van der Waals surface area contributed by atoms with E-state index in [0.717, 1.165) is 11.1 Å². The van der Waals surface area contributed by atoms with Crippen LogP contribution >= 0.6 is 11.6 Å². The molecule has 2 aromatic carbocycles. The Morgan fingerprint density at radius 2 is 1.59 bits per heavy atom. The summed E-state index contributed by atoms with van der Waals surface area (Å²) in [7, 11) is 3.16. The minimum Gasteiger partial charge on any atom is -0.493 e. The van der Waals surface area contributed by atoms with Crippen LogP contribution in [-0.2, 0) is 22.6 Å². The minimum absolute atomic E-state index is 0.105. The fourth-order valence-corrected chi connectivity index (χ4v) is 3.40. The van der Waals surface area contributed by atoms with Gasteiger partial charge in [0.05, 0.1) is 14.2 Å². The molecule has 0 aliphatic rings. The molecule has 2 aromatic rings. The second kappa shape index (κ2) is 11.2. The summed E-state index contributed by atoms with van der Waals surface area (Å²) in [5.74, 6) is 0.963. The van der Waals surface area contributed by atoms with Crippen LogP contribution in [0.3, 0.4) is 0 Å². The predicted molar refractivity (Wildman–Crippen MR) is 127 cm³/mol. The van der Waals surface area contributed by atoms with Gasteiger partial charge in [-0.3, -0.25) is 9.59 Å². The van der Waals surface area contributed by atoms with Crippen molar-refractivity contribution in [1.82, 2.24) is 10.2 Å². The molecule has 0 saturated heterocycles. The molecule has 0 aliphatic heterocycles. The monoisotopic (exact) mass is 460 g/mol. The van der Waals surface area contributed by atoms with Gasteiger partial charge < -0.3 is 19.7 Å². The Hall–Kier alpha value is -2.73. The number of amides is 2. The highest BCUT2D eigenvalue weighted by Crippen LogP contribution is 2.28. The molecule has 0 unspecified atom stereocenters. The lowest BCUT2D eigenvalue weighted by molar-refractivity contribution is -0.141. The van der Waals surface area contributed by atoms with Crippen LogP contribution in [0.25, 0.3) is 0 Å². The zero-order chi connectivity index (χ0) is 23.9. The number of hydrogen-bond acceptors (Lipinski definition) is 4. The topological polar surface area (TPSA) is 67.9 Å². The number of methoxy groups -OCH3 is 2. The molecule has 0 spiro atoms. The molecule has 0 heterocycles. The molecule has 2 amide bonds. The molecule has 2 rings (SSSR count). The van der Waals surface area contributed by atoms with Crippen molar-refractivity contribution in [2.24, 2.45) is 0 Å². The maximum atomic E-state index is 13.2. The number of rotatable bonds is 9. The summed E-state index contributed by atoms with van der Waals surface area (Å²) in [6.07, 6.45) is 0.778. The van der Waals surface area contributed by atoms with Crippen molar-refractivity contribution in [1.29, 1.82) is 0 Å². The molecule has 0 bridgehead atoms. The number of nitrogens with one attached hydrogen (secondary N) is 1. The summed E-state index contributed by atoms with van der Waals surface area (Å²) in [5, 5.41) is 3.59. The summed E-state index contributed by atoms with van der Waals surface area (Å²) in [4.78, 5) is 27.7. The Morgan fingerprint density at radius 3 is 2.16 bits per heavy atom. The van der Waals surface area contributed by atoms with Gasteiger partial charge in [-0.05, 0) is 69.5 Å². The first-order chi connectivity index (χ1) is 15.0. The Kier molecular flexibility index (Phi) is 8.96. The van der Waals surface area contributed by atoms with E-state index in [1.165, 1.54) is 0 Å².